The van der Waals surface area contributed by atoms with Crippen molar-refractivity contribution in [1.29, 1.82) is 0 Å². The molecule has 0 saturated carbocycles. The summed E-state index contributed by atoms with van der Waals surface area (Å²) in [5.41, 5.74) is 4.72. The number of hydrogen-bond donors (Lipinski definition) is 1. The third kappa shape index (κ3) is 3.24. The molecule has 1 atom stereocenters. The van der Waals surface area contributed by atoms with Gasteiger partial charge in [0.1, 0.15) is 0 Å². The monoisotopic (exact) mass is 355 g/mol. The Labute approximate surface area is 159 Å². The molecule has 4 rings (SSSR count). The first kappa shape index (κ1) is 17.1. The summed E-state index contributed by atoms with van der Waals surface area (Å²) in [5.74, 6) is -0.494. The molecule has 1 amide bonds. The minimum atomic E-state index is -0.330. The molecule has 0 aliphatic carbocycles. The number of carbonyl (C=O) groups is 1. The van der Waals surface area contributed by atoms with Crippen molar-refractivity contribution in [2.24, 2.45) is 0 Å². The van der Waals surface area contributed by atoms with Gasteiger partial charge in [0.2, 0.25) is 0 Å². The molecule has 27 heavy (non-hydrogen) atoms. The zero-order valence-corrected chi connectivity index (χ0v) is 15.2. The molecule has 3 nitrogen and oxygen atoms in total. The van der Waals surface area contributed by atoms with Crippen LogP contribution in [0.3, 0.4) is 0 Å². The van der Waals surface area contributed by atoms with E-state index in [9.17, 15) is 9.90 Å². The van der Waals surface area contributed by atoms with Crippen LogP contribution in [0.15, 0.2) is 90.7 Å². The van der Waals surface area contributed by atoms with Gasteiger partial charge >= 0.3 is 0 Å². The molecule has 0 fully saturated rings. The fraction of sp³-hybridized carbons (Fsp3) is 0.125. The maximum absolute atomic E-state index is 13.0. The van der Waals surface area contributed by atoms with Crippen LogP contribution < -0.4 is 0 Å². The van der Waals surface area contributed by atoms with Gasteiger partial charge in [-0.15, -0.1) is 0 Å². The number of amides is 1. The maximum atomic E-state index is 13.0. The van der Waals surface area contributed by atoms with Crippen molar-refractivity contribution in [3.8, 4) is 0 Å². The fourth-order valence-electron chi connectivity index (χ4n) is 3.60. The van der Waals surface area contributed by atoms with Gasteiger partial charge in [-0.25, -0.2) is 0 Å². The summed E-state index contributed by atoms with van der Waals surface area (Å²) in [6.45, 7) is 2.48. The second-order valence-corrected chi connectivity index (χ2v) is 6.86. The summed E-state index contributed by atoms with van der Waals surface area (Å²) in [7, 11) is 0. The Morgan fingerprint density at radius 3 is 2.07 bits per heavy atom. The summed E-state index contributed by atoms with van der Waals surface area (Å²) >= 11 is 0. The molecule has 0 radical (unpaired) electrons. The van der Waals surface area contributed by atoms with Crippen LogP contribution in [-0.2, 0) is 11.3 Å². The Morgan fingerprint density at radius 1 is 0.852 bits per heavy atom. The van der Waals surface area contributed by atoms with Crippen LogP contribution in [-0.4, -0.2) is 15.9 Å². The molecule has 0 unspecified atom stereocenters. The highest BCUT2D eigenvalue weighted by atomic mass is 16.3. The lowest BCUT2D eigenvalue weighted by Crippen LogP contribution is -2.29. The smallest absolute Gasteiger partial charge is 0.290 e. The van der Waals surface area contributed by atoms with Crippen molar-refractivity contribution in [3.05, 3.63) is 113 Å². The van der Waals surface area contributed by atoms with E-state index in [2.05, 4.69) is 0 Å². The van der Waals surface area contributed by atoms with E-state index in [4.69, 9.17) is 0 Å². The van der Waals surface area contributed by atoms with Crippen LogP contribution in [0, 0.1) is 6.92 Å². The van der Waals surface area contributed by atoms with Gasteiger partial charge in [0.05, 0.1) is 6.04 Å². The Hall–Kier alpha value is -3.33. The lowest BCUT2D eigenvalue weighted by atomic mass is 9.93. The molecule has 1 aliphatic rings. The molecule has 3 aromatic rings. The third-order valence-corrected chi connectivity index (χ3v) is 4.98. The zero-order valence-electron chi connectivity index (χ0n) is 15.2. The molecule has 0 saturated heterocycles. The van der Waals surface area contributed by atoms with Crippen molar-refractivity contribution in [3.63, 3.8) is 0 Å². The van der Waals surface area contributed by atoms with Crippen LogP contribution in [0.2, 0.25) is 0 Å². The van der Waals surface area contributed by atoms with Crippen LogP contribution in [0.5, 0.6) is 0 Å². The number of nitrogens with zero attached hydrogens (tertiary/aromatic N) is 1. The van der Waals surface area contributed by atoms with Gasteiger partial charge in [0.15, 0.2) is 5.76 Å². The highest BCUT2D eigenvalue weighted by molar-refractivity contribution is 6.05. The number of aliphatic hydroxyl groups excluding tert-OH is 1. The quantitative estimate of drug-likeness (QED) is 0.711. The average Bonchev–Trinajstić information content (AvgIpc) is 2.95. The van der Waals surface area contributed by atoms with Gasteiger partial charge in [-0.05, 0) is 23.6 Å². The molecule has 1 N–H and O–H groups in total. The largest absolute Gasteiger partial charge is 0.503 e. The summed E-state index contributed by atoms with van der Waals surface area (Å²) in [6, 6.07) is 27.4. The lowest BCUT2D eigenvalue weighted by Gasteiger charge is -2.27. The molecule has 1 heterocycles. The van der Waals surface area contributed by atoms with Crippen molar-refractivity contribution in [2.75, 3.05) is 0 Å². The lowest BCUT2D eigenvalue weighted by molar-refractivity contribution is -0.130. The van der Waals surface area contributed by atoms with E-state index >= 15 is 0 Å². The van der Waals surface area contributed by atoms with E-state index in [0.29, 0.717) is 12.1 Å². The summed E-state index contributed by atoms with van der Waals surface area (Å²) in [4.78, 5) is 14.7. The minimum absolute atomic E-state index is 0.164. The number of aliphatic hydroxyl groups is 1. The molecule has 134 valence electrons. The normalized spacial score (nSPS) is 16.9. The number of aryl methyl sites for hydroxylation is 1. The molecule has 0 spiro atoms. The van der Waals surface area contributed by atoms with E-state index in [-0.39, 0.29) is 17.7 Å². The predicted octanol–water partition coefficient (Wildman–Crippen LogP) is 5.05. The number of carbonyl (C=O) groups excluding carboxylic acids is 1. The summed E-state index contributed by atoms with van der Waals surface area (Å²) in [6.07, 6.45) is 0. The van der Waals surface area contributed by atoms with Gasteiger partial charge in [0.25, 0.3) is 5.91 Å². The predicted molar refractivity (Wildman–Crippen MR) is 107 cm³/mol. The van der Waals surface area contributed by atoms with Gasteiger partial charge in [-0.3, -0.25) is 4.79 Å². The number of hydrogen-bond acceptors (Lipinski definition) is 2. The average molecular weight is 355 g/mol. The molecule has 3 heteroatoms. The Morgan fingerprint density at radius 2 is 1.44 bits per heavy atom. The van der Waals surface area contributed by atoms with Gasteiger partial charge in [-0.1, -0.05) is 90.5 Å². The second kappa shape index (κ2) is 7.12. The molecular formula is C24H21NO2. The van der Waals surface area contributed by atoms with E-state index in [1.54, 1.807) is 4.90 Å². The van der Waals surface area contributed by atoms with Crippen LogP contribution in [0.4, 0.5) is 0 Å². The molecular weight excluding hydrogens is 334 g/mol. The first-order valence-corrected chi connectivity index (χ1v) is 9.05. The van der Waals surface area contributed by atoms with Crippen molar-refractivity contribution in [2.45, 2.75) is 19.5 Å². The summed E-state index contributed by atoms with van der Waals surface area (Å²) in [5, 5.41) is 10.7. The van der Waals surface area contributed by atoms with Gasteiger partial charge in [-0.2, -0.15) is 0 Å². The first-order chi connectivity index (χ1) is 13.1. The third-order valence-electron chi connectivity index (χ3n) is 4.98. The number of rotatable bonds is 4. The Bertz CT molecular complexity index is 976. The van der Waals surface area contributed by atoms with Crippen LogP contribution in [0.25, 0.3) is 5.57 Å². The van der Waals surface area contributed by atoms with E-state index < -0.39 is 0 Å². The van der Waals surface area contributed by atoms with E-state index in [1.165, 1.54) is 0 Å². The molecule has 0 bridgehead atoms. The summed E-state index contributed by atoms with van der Waals surface area (Å²) < 4.78 is 0. The van der Waals surface area contributed by atoms with Crippen LogP contribution >= 0.6 is 0 Å². The second-order valence-electron chi connectivity index (χ2n) is 6.86. The molecule has 1 aliphatic heterocycles. The fourth-order valence-corrected chi connectivity index (χ4v) is 3.60. The van der Waals surface area contributed by atoms with Crippen LogP contribution in [0.1, 0.15) is 28.3 Å². The van der Waals surface area contributed by atoms with E-state index in [1.807, 2.05) is 91.9 Å². The maximum Gasteiger partial charge on any atom is 0.290 e. The SMILES string of the molecule is Cc1ccc([C@@H]2C(c3ccccc3)=C(O)C(=O)N2Cc2ccccc2)cc1. The number of benzene rings is 3. The highest BCUT2D eigenvalue weighted by Gasteiger charge is 2.40. The Kier molecular flexibility index (Phi) is 4.51. The van der Waals surface area contributed by atoms with Crippen molar-refractivity contribution in [1.82, 2.24) is 4.90 Å². The van der Waals surface area contributed by atoms with Crippen molar-refractivity contribution >= 4 is 11.5 Å². The topological polar surface area (TPSA) is 40.5 Å². The minimum Gasteiger partial charge on any atom is -0.503 e. The zero-order chi connectivity index (χ0) is 18.8. The van der Waals surface area contributed by atoms with Gasteiger partial charge < -0.3 is 10.0 Å². The first-order valence-electron chi connectivity index (χ1n) is 9.05. The highest BCUT2D eigenvalue weighted by Crippen LogP contribution is 2.43. The standard InChI is InChI=1S/C24H21NO2/c1-17-12-14-20(15-13-17)22-21(19-10-6-3-7-11-19)23(26)24(27)25(22)16-18-8-4-2-5-9-18/h2-15,22,26H,16H2,1H3/t22-/m1/s1. The molecule has 3 aromatic carbocycles. The molecule has 0 aromatic heterocycles. The van der Waals surface area contributed by atoms with Crippen molar-refractivity contribution < 1.29 is 9.90 Å². The Balaban J connectivity index is 1.81. The van der Waals surface area contributed by atoms with E-state index in [0.717, 1.165) is 22.3 Å². The van der Waals surface area contributed by atoms with Gasteiger partial charge in [0, 0.05) is 12.1 Å².